The van der Waals surface area contributed by atoms with Crippen LogP contribution in [-0.2, 0) is 11.8 Å². The maximum atomic E-state index is 12.7. The number of methoxy groups -OCH3 is 1. The topological polar surface area (TPSA) is 65.4 Å². The fraction of sp³-hybridized carbons (Fsp3) is 0.217. The molecule has 6 heteroatoms. The molecule has 0 fully saturated rings. The van der Waals surface area contributed by atoms with Crippen molar-refractivity contribution in [3.8, 4) is 11.5 Å². The zero-order valence-corrected chi connectivity index (χ0v) is 16.8. The summed E-state index contributed by atoms with van der Waals surface area (Å²) < 4.78 is 12.7. The summed E-state index contributed by atoms with van der Waals surface area (Å²) in [5, 5.41) is 3.05. The van der Waals surface area contributed by atoms with Crippen LogP contribution < -0.4 is 14.8 Å². The van der Waals surface area contributed by atoms with Gasteiger partial charge in [0.25, 0.3) is 0 Å². The number of hydrogen-bond acceptors (Lipinski definition) is 4. The van der Waals surface area contributed by atoms with E-state index in [2.05, 4.69) is 10.3 Å². The van der Waals surface area contributed by atoms with Crippen LogP contribution >= 0.6 is 0 Å². The molecule has 0 aliphatic rings. The molecule has 2 aromatic carbocycles. The van der Waals surface area contributed by atoms with Crippen molar-refractivity contribution in [1.29, 1.82) is 0 Å². The first-order chi connectivity index (χ1) is 14.1. The number of benzene rings is 2. The zero-order chi connectivity index (χ0) is 20.6. The van der Waals surface area contributed by atoms with Crippen molar-refractivity contribution in [2.45, 2.75) is 13.0 Å². The molecule has 0 saturated heterocycles. The predicted octanol–water partition coefficient (Wildman–Crippen LogP) is 3.75. The highest BCUT2D eigenvalue weighted by atomic mass is 16.5. The van der Waals surface area contributed by atoms with Crippen LogP contribution in [0.25, 0.3) is 6.08 Å². The van der Waals surface area contributed by atoms with Crippen LogP contribution in [0.5, 0.6) is 11.5 Å². The Kier molecular flexibility index (Phi) is 6.68. The summed E-state index contributed by atoms with van der Waals surface area (Å²) in [5.74, 6) is 2.02. The highest BCUT2D eigenvalue weighted by Gasteiger charge is 2.20. The summed E-state index contributed by atoms with van der Waals surface area (Å²) in [5.41, 5.74) is 1.76. The average molecular weight is 391 g/mol. The largest absolute Gasteiger partial charge is 0.497 e. The Labute approximate surface area is 170 Å². The van der Waals surface area contributed by atoms with Crippen LogP contribution in [0, 0.1) is 0 Å². The number of hydrogen-bond donors (Lipinski definition) is 1. The number of carbonyl (C=O) groups is 1. The van der Waals surface area contributed by atoms with Gasteiger partial charge in [-0.3, -0.25) is 4.79 Å². The van der Waals surface area contributed by atoms with E-state index >= 15 is 0 Å². The lowest BCUT2D eigenvalue weighted by Crippen LogP contribution is -2.29. The lowest BCUT2D eigenvalue weighted by atomic mass is 10.1. The van der Waals surface area contributed by atoms with Gasteiger partial charge in [-0.2, -0.15) is 0 Å². The molecule has 3 aromatic rings. The minimum absolute atomic E-state index is 0.222. The highest BCUT2D eigenvalue weighted by molar-refractivity contribution is 5.92. The quantitative estimate of drug-likeness (QED) is 0.594. The second kappa shape index (κ2) is 9.59. The SMILES string of the molecule is CCOc1ccccc1/C=C/C(=O)NC(c1ccc(OC)cc1)c1nccn1C. The van der Waals surface area contributed by atoms with Gasteiger partial charge in [0.15, 0.2) is 0 Å². The molecular weight excluding hydrogens is 366 g/mol. The predicted molar refractivity (Wildman–Crippen MR) is 113 cm³/mol. The second-order valence-corrected chi connectivity index (χ2v) is 6.42. The van der Waals surface area contributed by atoms with Gasteiger partial charge >= 0.3 is 0 Å². The number of aromatic nitrogens is 2. The van der Waals surface area contributed by atoms with Gasteiger partial charge in [-0.25, -0.2) is 4.98 Å². The Morgan fingerprint density at radius 2 is 1.97 bits per heavy atom. The number of amides is 1. The average Bonchev–Trinajstić information content (AvgIpc) is 3.17. The van der Waals surface area contributed by atoms with E-state index in [0.717, 1.165) is 28.5 Å². The third-order valence-electron chi connectivity index (χ3n) is 4.49. The van der Waals surface area contributed by atoms with E-state index in [-0.39, 0.29) is 11.9 Å². The Morgan fingerprint density at radius 3 is 2.62 bits per heavy atom. The monoisotopic (exact) mass is 391 g/mol. The normalized spacial score (nSPS) is 12.0. The number of carbonyl (C=O) groups excluding carboxylic acids is 1. The number of nitrogens with zero attached hydrogens (tertiary/aromatic N) is 2. The van der Waals surface area contributed by atoms with Crippen molar-refractivity contribution < 1.29 is 14.3 Å². The first-order valence-electron chi connectivity index (χ1n) is 9.44. The molecule has 1 unspecified atom stereocenters. The fourth-order valence-electron chi connectivity index (χ4n) is 3.01. The summed E-state index contributed by atoms with van der Waals surface area (Å²) in [6.45, 7) is 2.50. The first-order valence-corrected chi connectivity index (χ1v) is 9.44. The molecule has 1 amide bonds. The molecule has 1 aromatic heterocycles. The van der Waals surface area contributed by atoms with E-state index in [4.69, 9.17) is 9.47 Å². The molecule has 29 heavy (non-hydrogen) atoms. The van der Waals surface area contributed by atoms with Crippen molar-refractivity contribution in [2.24, 2.45) is 7.05 Å². The lowest BCUT2D eigenvalue weighted by Gasteiger charge is -2.18. The highest BCUT2D eigenvalue weighted by Crippen LogP contribution is 2.23. The second-order valence-electron chi connectivity index (χ2n) is 6.42. The van der Waals surface area contributed by atoms with Gasteiger partial charge in [-0.1, -0.05) is 30.3 Å². The molecule has 0 saturated carbocycles. The molecule has 0 spiro atoms. The van der Waals surface area contributed by atoms with Gasteiger partial charge < -0.3 is 19.4 Å². The molecule has 1 atom stereocenters. The maximum absolute atomic E-state index is 12.7. The first kappa shape index (κ1) is 20.2. The lowest BCUT2D eigenvalue weighted by molar-refractivity contribution is -0.117. The van der Waals surface area contributed by atoms with Crippen LogP contribution in [0.1, 0.15) is 29.9 Å². The summed E-state index contributed by atoms with van der Waals surface area (Å²) in [7, 11) is 3.52. The van der Waals surface area contributed by atoms with E-state index in [9.17, 15) is 4.79 Å². The van der Waals surface area contributed by atoms with Gasteiger partial charge in [0.1, 0.15) is 23.4 Å². The summed E-state index contributed by atoms with van der Waals surface area (Å²) >= 11 is 0. The van der Waals surface area contributed by atoms with Crippen LogP contribution in [-0.4, -0.2) is 29.2 Å². The number of para-hydroxylation sites is 1. The van der Waals surface area contributed by atoms with Crippen molar-refractivity contribution in [3.63, 3.8) is 0 Å². The third-order valence-corrected chi connectivity index (χ3v) is 4.49. The van der Waals surface area contributed by atoms with Crippen molar-refractivity contribution in [3.05, 3.63) is 84.0 Å². The van der Waals surface area contributed by atoms with Crippen LogP contribution in [0.4, 0.5) is 0 Å². The van der Waals surface area contributed by atoms with Crippen LogP contribution in [0.3, 0.4) is 0 Å². The number of rotatable bonds is 8. The number of aryl methyl sites for hydroxylation is 1. The molecule has 0 aliphatic carbocycles. The Hall–Kier alpha value is -3.54. The molecule has 1 N–H and O–H groups in total. The molecule has 3 rings (SSSR count). The number of imidazole rings is 1. The molecule has 150 valence electrons. The van der Waals surface area contributed by atoms with Crippen molar-refractivity contribution in [2.75, 3.05) is 13.7 Å². The van der Waals surface area contributed by atoms with E-state index in [1.165, 1.54) is 6.08 Å². The fourth-order valence-corrected chi connectivity index (χ4v) is 3.01. The molecule has 0 aliphatic heterocycles. The van der Waals surface area contributed by atoms with Crippen LogP contribution in [0.2, 0.25) is 0 Å². The molecule has 1 heterocycles. The van der Waals surface area contributed by atoms with Gasteiger partial charge in [-0.05, 0) is 36.8 Å². The van der Waals surface area contributed by atoms with Gasteiger partial charge in [0.2, 0.25) is 5.91 Å². The van der Waals surface area contributed by atoms with E-state index in [0.29, 0.717) is 6.61 Å². The summed E-state index contributed by atoms with van der Waals surface area (Å²) in [6, 6.07) is 14.8. The third kappa shape index (κ3) is 5.04. The Bertz CT molecular complexity index is 977. The van der Waals surface area contributed by atoms with E-state index in [1.807, 2.05) is 73.3 Å². The minimum atomic E-state index is -0.389. The summed E-state index contributed by atoms with van der Waals surface area (Å²) in [4.78, 5) is 17.1. The van der Waals surface area contributed by atoms with E-state index < -0.39 is 0 Å². The standard InChI is InChI=1S/C23H25N3O3/c1-4-29-20-8-6-5-7-17(20)11-14-21(27)25-22(23-24-15-16-26(23)2)18-9-12-19(28-3)13-10-18/h5-16,22H,4H2,1-3H3,(H,25,27)/b14-11+. The smallest absolute Gasteiger partial charge is 0.244 e. The molecule has 6 nitrogen and oxygen atoms in total. The number of nitrogens with one attached hydrogen (secondary N) is 1. The Balaban J connectivity index is 1.82. The van der Waals surface area contributed by atoms with Gasteiger partial charge in [-0.15, -0.1) is 0 Å². The molecular formula is C23H25N3O3. The zero-order valence-electron chi connectivity index (χ0n) is 16.8. The molecule has 0 bridgehead atoms. The minimum Gasteiger partial charge on any atom is -0.497 e. The van der Waals surface area contributed by atoms with Gasteiger partial charge in [0.05, 0.1) is 13.7 Å². The van der Waals surface area contributed by atoms with Gasteiger partial charge in [0, 0.05) is 31.1 Å². The van der Waals surface area contributed by atoms with Crippen molar-refractivity contribution >= 4 is 12.0 Å². The molecule has 0 radical (unpaired) electrons. The van der Waals surface area contributed by atoms with Crippen LogP contribution in [0.15, 0.2) is 67.0 Å². The van der Waals surface area contributed by atoms with Crippen molar-refractivity contribution in [1.82, 2.24) is 14.9 Å². The maximum Gasteiger partial charge on any atom is 0.244 e. The number of ether oxygens (including phenoxy) is 2. The van der Waals surface area contributed by atoms with E-state index in [1.54, 1.807) is 19.4 Å². The Morgan fingerprint density at radius 1 is 1.21 bits per heavy atom. The summed E-state index contributed by atoms with van der Waals surface area (Å²) in [6.07, 6.45) is 6.83.